The molecule has 0 aliphatic carbocycles. The first-order valence-corrected chi connectivity index (χ1v) is 6.96. The first-order valence-electron chi connectivity index (χ1n) is 6.96. The number of carbonyl (C=O) groups is 2. The van der Waals surface area contributed by atoms with Crippen molar-refractivity contribution in [3.05, 3.63) is 35.0 Å². The Balaban J connectivity index is 2.22. The summed E-state index contributed by atoms with van der Waals surface area (Å²) in [4.78, 5) is 29.4. The van der Waals surface area contributed by atoms with Gasteiger partial charge in [-0.05, 0) is 12.1 Å². The van der Waals surface area contributed by atoms with Crippen molar-refractivity contribution in [2.24, 2.45) is 0 Å². The molecule has 0 saturated heterocycles. The largest absolute Gasteiger partial charge is 0.508 e. The van der Waals surface area contributed by atoms with E-state index in [9.17, 15) is 19.8 Å². The predicted molar refractivity (Wildman–Crippen MR) is 88.0 cm³/mol. The second kappa shape index (κ2) is 7.73. The van der Waals surface area contributed by atoms with Crippen molar-refractivity contribution >= 4 is 30.2 Å². The molecule has 10 heteroatoms. The molecule has 10 nitrogen and oxygen atoms in total. The minimum Gasteiger partial charge on any atom is -0.508 e. The molecule has 2 aromatic rings. The van der Waals surface area contributed by atoms with Crippen molar-refractivity contribution in [1.29, 1.82) is 5.41 Å². The van der Waals surface area contributed by atoms with Crippen molar-refractivity contribution in [3.63, 3.8) is 0 Å². The Kier molecular flexibility index (Phi) is 5.46. The van der Waals surface area contributed by atoms with Crippen LogP contribution in [-0.4, -0.2) is 45.9 Å². The fourth-order valence-electron chi connectivity index (χ4n) is 2.00. The summed E-state index contributed by atoms with van der Waals surface area (Å²) in [5.74, 6) is -1.35. The maximum Gasteiger partial charge on any atom is 0.337 e. The number of amides is 1. The first-order chi connectivity index (χ1) is 12.0. The maximum atomic E-state index is 11.4. The normalized spacial score (nSPS) is 9.96. The molecule has 0 fully saturated rings. The maximum absolute atomic E-state index is 11.4. The van der Waals surface area contributed by atoms with E-state index < -0.39 is 11.8 Å². The molecule has 1 aromatic heterocycles. The molecule has 0 aliphatic rings. The first kappa shape index (κ1) is 17.7. The summed E-state index contributed by atoms with van der Waals surface area (Å²) in [7, 11) is 1.24. The van der Waals surface area contributed by atoms with Crippen LogP contribution in [0.25, 0.3) is 0 Å². The van der Waals surface area contributed by atoms with Gasteiger partial charge < -0.3 is 25.7 Å². The van der Waals surface area contributed by atoms with Crippen LogP contribution in [0.1, 0.15) is 21.6 Å². The van der Waals surface area contributed by atoms with Crippen molar-refractivity contribution in [2.75, 3.05) is 17.7 Å². The average Bonchev–Trinajstić information content (AvgIpc) is 2.60. The molecule has 0 spiro atoms. The standard InChI is InChI=1S/C15H15N5O5/c1-25-14(24)8-2-3-9(11(22)4-8)6-17-12-10(5-16)19-15(18-7-21)20-13(12)23/h2-5,7,16-17,22H,6H2,1H3,(H2,18,19,20,21,23). The number of nitrogens with one attached hydrogen (secondary N) is 3. The number of esters is 1. The Morgan fingerprint density at radius 2 is 2.12 bits per heavy atom. The number of hydrogen-bond acceptors (Lipinski definition) is 9. The predicted octanol–water partition coefficient (Wildman–Crippen LogP) is 0.852. The SMILES string of the molecule is COC(=O)c1ccc(CNc2c(O)nc(NC=O)nc2C=N)c(O)c1. The van der Waals surface area contributed by atoms with Gasteiger partial charge in [-0.15, -0.1) is 0 Å². The zero-order valence-corrected chi connectivity index (χ0v) is 13.1. The Morgan fingerprint density at radius 1 is 1.36 bits per heavy atom. The number of ether oxygens (including phenoxy) is 1. The van der Waals surface area contributed by atoms with Gasteiger partial charge in [0, 0.05) is 18.3 Å². The number of hydrogen-bond donors (Lipinski definition) is 5. The third-order valence-corrected chi connectivity index (χ3v) is 3.20. The number of phenols is 1. The lowest BCUT2D eigenvalue weighted by Crippen LogP contribution is -2.09. The summed E-state index contributed by atoms with van der Waals surface area (Å²) in [5.41, 5.74) is 0.725. The molecule has 0 unspecified atom stereocenters. The molecule has 130 valence electrons. The van der Waals surface area contributed by atoms with Crippen molar-refractivity contribution < 1.29 is 24.5 Å². The Morgan fingerprint density at radius 3 is 2.72 bits per heavy atom. The van der Waals surface area contributed by atoms with E-state index in [0.717, 1.165) is 6.21 Å². The molecule has 0 atom stereocenters. The quantitative estimate of drug-likeness (QED) is 0.281. The van der Waals surface area contributed by atoms with Gasteiger partial charge in [0.15, 0.2) is 0 Å². The smallest absolute Gasteiger partial charge is 0.337 e. The van der Waals surface area contributed by atoms with E-state index >= 15 is 0 Å². The van der Waals surface area contributed by atoms with E-state index in [1.807, 2.05) is 0 Å². The molecular weight excluding hydrogens is 330 g/mol. The zero-order valence-electron chi connectivity index (χ0n) is 13.1. The van der Waals surface area contributed by atoms with Crippen LogP contribution in [0.2, 0.25) is 0 Å². The molecule has 2 rings (SSSR count). The van der Waals surface area contributed by atoms with Gasteiger partial charge in [-0.2, -0.15) is 4.98 Å². The van der Waals surface area contributed by atoms with Crippen LogP contribution in [0.5, 0.6) is 11.6 Å². The van der Waals surface area contributed by atoms with Gasteiger partial charge >= 0.3 is 5.97 Å². The van der Waals surface area contributed by atoms with Crippen LogP contribution >= 0.6 is 0 Å². The summed E-state index contributed by atoms with van der Waals surface area (Å²) >= 11 is 0. The topological polar surface area (TPSA) is 158 Å². The van der Waals surface area contributed by atoms with Gasteiger partial charge in [0.1, 0.15) is 17.1 Å². The van der Waals surface area contributed by atoms with Gasteiger partial charge in [0.05, 0.1) is 12.7 Å². The second-order valence-electron chi connectivity index (χ2n) is 4.73. The molecule has 5 N–H and O–H groups in total. The third kappa shape index (κ3) is 3.99. The molecule has 25 heavy (non-hydrogen) atoms. The fourth-order valence-corrected chi connectivity index (χ4v) is 2.00. The summed E-state index contributed by atoms with van der Waals surface area (Å²) in [6, 6.07) is 4.25. The van der Waals surface area contributed by atoms with Gasteiger partial charge in [-0.1, -0.05) is 6.07 Å². The Labute approximate surface area is 142 Å². The molecule has 0 radical (unpaired) electrons. The molecule has 0 saturated carbocycles. The lowest BCUT2D eigenvalue weighted by Gasteiger charge is -2.12. The monoisotopic (exact) mass is 345 g/mol. The van der Waals surface area contributed by atoms with Crippen LogP contribution in [0.4, 0.5) is 11.6 Å². The molecule has 1 heterocycles. The van der Waals surface area contributed by atoms with Gasteiger partial charge in [-0.3, -0.25) is 10.1 Å². The summed E-state index contributed by atoms with van der Waals surface area (Å²) in [6.07, 6.45) is 1.22. The Hall–Kier alpha value is -3.69. The average molecular weight is 345 g/mol. The highest BCUT2D eigenvalue weighted by molar-refractivity contribution is 5.90. The molecule has 0 bridgehead atoms. The highest BCUT2D eigenvalue weighted by Gasteiger charge is 2.14. The minimum atomic E-state index is -0.579. The van der Waals surface area contributed by atoms with Crippen LogP contribution < -0.4 is 10.6 Å². The lowest BCUT2D eigenvalue weighted by molar-refractivity contribution is -0.105. The number of nitrogens with zero attached hydrogens (tertiary/aromatic N) is 2. The van der Waals surface area contributed by atoms with E-state index in [1.54, 1.807) is 0 Å². The highest BCUT2D eigenvalue weighted by Crippen LogP contribution is 2.27. The lowest BCUT2D eigenvalue weighted by atomic mass is 10.1. The third-order valence-electron chi connectivity index (χ3n) is 3.20. The van der Waals surface area contributed by atoms with Gasteiger partial charge in [-0.25, -0.2) is 9.78 Å². The number of phenolic OH excluding ortho intramolecular Hbond substituents is 1. The minimum absolute atomic E-state index is 0.0440. The number of benzene rings is 1. The molecular formula is C15H15N5O5. The molecule has 1 amide bonds. The van der Waals surface area contributed by atoms with E-state index in [0.29, 0.717) is 12.0 Å². The number of aromatic nitrogens is 2. The van der Waals surface area contributed by atoms with Crippen molar-refractivity contribution in [2.45, 2.75) is 6.54 Å². The summed E-state index contributed by atoms with van der Waals surface area (Å²) < 4.78 is 4.57. The zero-order chi connectivity index (χ0) is 18.4. The van der Waals surface area contributed by atoms with E-state index in [2.05, 4.69) is 25.3 Å². The van der Waals surface area contributed by atoms with Crippen LogP contribution in [0.3, 0.4) is 0 Å². The summed E-state index contributed by atoms with van der Waals surface area (Å²) in [5, 5.41) is 32.2. The number of anilines is 2. The van der Waals surface area contributed by atoms with Crippen molar-refractivity contribution in [3.8, 4) is 11.6 Å². The second-order valence-corrected chi connectivity index (χ2v) is 4.73. The van der Waals surface area contributed by atoms with Gasteiger partial charge in [0.25, 0.3) is 0 Å². The van der Waals surface area contributed by atoms with Crippen LogP contribution in [0, 0.1) is 5.41 Å². The number of aromatic hydroxyl groups is 2. The number of carbonyl (C=O) groups excluding carboxylic acids is 2. The highest BCUT2D eigenvalue weighted by atomic mass is 16.5. The van der Waals surface area contributed by atoms with Crippen molar-refractivity contribution in [1.82, 2.24) is 9.97 Å². The Bertz CT molecular complexity index is 824. The van der Waals surface area contributed by atoms with Crippen LogP contribution in [-0.2, 0) is 16.1 Å². The molecule has 0 aliphatic heterocycles. The fraction of sp³-hybridized carbons (Fsp3) is 0.133. The van der Waals surface area contributed by atoms with E-state index in [-0.39, 0.29) is 35.2 Å². The van der Waals surface area contributed by atoms with E-state index in [1.165, 1.54) is 25.3 Å². The van der Waals surface area contributed by atoms with E-state index in [4.69, 9.17) is 5.41 Å². The number of methoxy groups -OCH3 is 1. The molecule has 1 aromatic carbocycles. The number of rotatable bonds is 7. The van der Waals surface area contributed by atoms with Gasteiger partial charge in [0.2, 0.25) is 18.2 Å². The summed E-state index contributed by atoms with van der Waals surface area (Å²) in [6.45, 7) is 0.0610. The van der Waals surface area contributed by atoms with Crippen LogP contribution in [0.15, 0.2) is 18.2 Å².